The van der Waals surface area contributed by atoms with E-state index < -0.39 is 0 Å². The molecule has 0 amide bonds. The Balaban J connectivity index is -0.0000000667. The van der Waals surface area contributed by atoms with E-state index in [4.69, 9.17) is 0 Å². The van der Waals surface area contributed by atoms with Gasteiger partial charge in [-0.15, -0.1) is 0 Å². The maximum atomic E-state index is 3.20. The summed E-state index contributed by atoms with van der Waals surface area (Å²) in [7, 11) is 0. The summed E-state index contributed by atoms with van der Waals surface area (Å²) < 4.78 is 0. The summed E-state index contributed by atoms with van der Waals surface area (Å²) in [6.07, 6.45) is 3.42. The molecular weight excluding hydrogens is 389 g/mol. The van der Waals surface area contributed by atoms with Crippen LogP contribution in [0.25, 0.3) is 0 Å². The van der Waals surface area contributed by atoms with Crippen molar-refractivity contribution in [1.29, 1.82) is 0 Å². The second-order valence-corrected chi connectivity index (χ2v) is 4.37. The first-order valence-corrected chi connectivity index (χ1v) is 9.19. The van der Waals surface area contributed by atoms with Crippen LogP contribution in [-0.4, -0.2) is 0 Å². The van der Waals surface area contributed by atoms with Crippen LogP contribution in [0.15, 0.2) is 48.5 Å². The SMILES string of the molecule is C.C.CC.CC.CCC.CCC.[Y].[c-]1ccccc1Cc1[c-]cccc1. The first-order chi connectivity index (χ1) is 11.3. The van der Waals surface area contributed by atoms with Gasteiger partial charge in [0.05, 0.1) is 0 Å². The topological polar surface area (TPSA) is 0 Å². The van der Waals surface area contributed by atoms with Crippen LogP contribution in [-0.2, 0) is 39.1 Å². The molecule has 0 aliphatic rings. The average molecular weight is 436 g/mol. The Morgan fingerprint density at radius 3 is 1.08 bits per heavy atom. The van der Waals surface area contributed by atoms with E-state index in [1.165, 1.54) is 24.0 Å². The molecule has 0 nitrogen and oxygen atoms in total. The molecule has 2 rings (SSSR count). The minimum absolute atomic E-state index is 0. The van der Waals surface area contributed by atoms with Crippen LogP contribution < -0.4 is 0 Å². The molecule has 26 heavy (non-hydrogen) atoms. The van der Waals surface area contributed by atoms with Crippen LogP contribution >= 0.6 is 0 Å². The molecule has 0 bridgehead atoms. The van der Waals surface area contributed by atoms with Crippen molar-refractivity contribution in [2.24, 2.45) is 0 Å². The zero-order valence-corrected chi connectivity index (χ0v) is 20.2. The van der Waals surface area contributed by atoms with Gasteiger partial charge in [-0.3, -0.25) is 0 Å². The van der Waals surface area contributed by atoms with E-state index in [1.807, 2.05) is 64.1 Å². The molecular formula is C25H46Y-2. The number of rotatable bonds is 2. The van der Waals surface area contributed by atoms with Gasteiger partial charge in [0.15, 0.2) is 0 Å². The number of hydrogen-bond acceptors (Lipinski definition) is 0. The molecule has 151 valence electrons. The van der Waals surface area contributed by atoms with Gasteiger partial charge in [0.2, 0.25) is 0 Å². The minimum Gasteiger partial charge on any atom is -0.180 e. The van der Waals surface area contributed by atoms with Crippen molar-refractivity contribution in [3.05, 3.63) is 71.8 Å². The number of benzene rings is 2. The molecule has 0 N–H and O–H groups in total. The first kappa shape index (κ1) is 40.3. The summed E-state index contributed by atoms with van der Waals surface area (Å²) in [5, 5.41) is 0. The van der Waals surface area contributed by atoms with Crippen LogP contribution in [0, 0.1) is 12.1 Å². The maximum absolute atomic E-state index is 3.20. The summed E-state index contributed by atoms with van der Waals surface area (Å²) in [6.45, 7) is 16.5. The minimum atomic E-state index is 0. The predicted molar refractivity (Wildman–Crippen MR) is 121 cm³/mol. The van der Waals surface area contributed by atoms with Gasteiger partial charge >= 0.3 is 0 Å². The quantitative estimate of drug-likeness (QED) is 0.413. The van der Waals surface area contributed by atoms with Gasteiger partial charge in [0, 0.05) is 32.7 Å². The Hall–Kier alpha value is -0.456. The van der Waals surface area contributed by atoms with Crippen LogP contribution in [0.1, 0.15) is 94.2 Å². The van der Waals surface area contributed by atoms with Gasteiger partial charge in [0.25, 0.3) is 0 Å². The molecule has 0 unspecified atom stereocenters. The fraction of sp³-hybridized carbons (Fsp3) is 0.520. The van der Waals surface area contributed by atoms with Crippen molar-refractivity contribution >= 4 is 0 Å². The molecule has 0 atom stereocenters. The third kappa shape index (κ3) is 31.3. The Labute approximate surface area is 193 Å². The molecule has 0 aliphatic carbocycles. The first-order valence-electron chi connectivity index (χ1n) is 9.19. The number of hydrogen-bond donors (Lipinski definition) is 0. The van der Waals surface area contributed by atoms with Crippen LogP contribution in [0.2, 0.25) is 0 Å². The van der Waals surface area contributed by atoms with Crippen LogP contribution in [0.4, 0.5) is 0 Å². The van der Waals surface area contributed by atoms with Crippen molar-refractivity contribution in [1.82, 2.24) is 0 Å². The molecule has 0 saturated carbocycles. The van der Waals surface area contributed by atoms with E-state index in [0.717, 1.165) is 6.42 Å². The van der Waals surface area contributed by atoms with E-state index in [9.17, 15) is 0 Å². The van der Waals surface area contributed by atoms with E-state index in [1.54, 1.807) is 0 Å². The van der Waals surface area contributed by atoms with E-state index in [2.05, 4.69) is 52.0 Å². The normalized spacial score (nSPS) is 6.77. The summed E-state index contributed by atoms with van der Waals surface area (Å²) in [6, 6.07) is 22.5. The van der Waals surface area contributed by atoms with Gasteiger partial charge in [-0.1, -0.05) is 83.1 Å². The van der Waals surface area contributed by atoms with Gasteiger partial charge in [0.1, 0.15) is 0 Å². The van der Waals surface area contributed by atoms with Gasteiger partial charge in [-0.2, -0.15) is 71.8 Å². The van der Waals surface area contributed by atoms with Crippen molar-refractivity contribution < 1.29 is 32.7 Å². The molecule has 0 aromatic heterocycles. The Morgan fingerprint density at radius 1 is 0.615 bits per heavy atom. The fourth-order valence-electron chi connectivity index (χ4n) is 1.29. The molecule has 0 fully saturated rings. The van der Waals surface area contributed by atoms with Crippen molar-refractivity contribution in [3.63, 3.8) is 0 Å². The molecule has 1 radical (unpaired) electrons. The predicted octanol–water partition coefficient (Wildman–Crippen LogP) is 9.03. The Morgan fingerprint density at radius 2 is 0.885 bits per heavy atom. The summed E-state index contributed by atoms with van der Waals surface area (Å²) in [5.41, 5.74) is 2.43. The van der Waals surface area contributed by atoms with E-state index in [-0.39, 0.29) is 47.6 Å². The van der Waals surface area contributed by atoms with Crippen LogP contribution in [0.5, 0.6) is 0 Å². The second-order valence-electron chi connectivity index (χ2n) is 4.37. The molecule has 2 aromatic carbocycles. The van der Waals surface area contributed by atoms with E-state index >= 15 is 0 Å². The van der Waals surface area contributed by atoms with Crippen LogP contribution in [0.3, 0.4) is 0 Å². The monoisotopic (exact) mass is 435 g/mol. The Bertz CT molecular complexity index is 342. The molecule has 0 aliphatic heterocycles. The molecule has 0 heterocycles. The third-order valence-corrected chi connectivity index (χ3v) is 1.93. The molecule has 0 spiro atoms. The smallest absolute Gasteiger partial charge is 0 e. The summed E-state index contributed by atoms with van der Waals surface area (Å²) in [5.74, 6) is 0. The average Bonchev–Trinajstić information content (AvgIpc) is 2.62. The van der Waals surface area contributed by atoms with Gasteiger partial charge in [-0.25, -0.2) is 0 Å². The molecule has 0 saturated heterocycles. The third-order valence-electron chi connectivity index (χ3n) is 1.93. The standard InChI is InChI=1S/C13H10.2C3H8.2C2H6.2CH4.Y/c1-3-7-12(8-4-1)11-13-9-5-2-6-10-13;2*1-3-2;2*1-2;;;/h1-7,9H,11H2;2*3H2,1-2H3;2*1-2H3;2*1H4;/q-2;;;;;;;. The second kappa shape index (κ2) is 39.6. The zero-order valence-electron chi connectivity index (χ0n) is 17.3. The molecule has 1 heteroatoms. The van der Waals surface area contributed by atoms with Gasteiger partial charge < -0.3 is 0 Å². The zero-order chi connectivity index (χ0) is 18.3. The van der Waals surface area contributed by atoms with Crippen molar-refractivity contribution in [2.75, 3.05) is 0 Å². The van der Waals surface area contributed by atoms with Crippen molar-refractivity contribution in [3.8, 4) is 0 Å². The fourth-order valence-corrected chi connectivity index (χ4v) is 1.29. The maximum Gasteiger partial charge on any atom is 0 e. The molecule has 2 aromatic rings. The van der Waals surface area contributed by atoms with Gasteiger partial charge in [-0.05, 0) is 6.42 Å². The van der Waals surface area contributed by atoms with E-state index in [0.29, 0.717) is 0 Å². The largest absolute Gasteiger partial charge is 0.180 e. The summed E-state index contributed by atoms with van der Waals surface area (Å²) >= 11 is 0. The van der Waals surface area contributed by atoms with Crippen molar-refractivity contribution in [2.45, 2.75) is 89.5 Å². The summed E-state index contributed by atoms with van der Waals surface area (Å²) in [4.78, 5) is 0. The Kier molecular flexibility index (Phi) is 61.3.